The Morgan fingerprint density at radius 3 is 1.95 bits per heavy atom. The number of aliphatic hydroxyl groups excluding tert-OH is 4. The summed E-state index contributed by atoms with van der Waals surface area (Å²) in [6.07, 6.45) is -7.38. The number of hydrogen-bond donors (Lipinski definition) is 6. The van der Waals surface area contributed by atoms with E-state index in [1.165, 1.54) is 28.4 Å². The summed E-state index contributed by atoms with van der Waals surface area (Å²) in [6, 6.07) is 4.97. The predicted octanol–water partition coefficient (Wildman–Crippen LogP) is 0.268. The number of methoxy groups -OCH3 is 5. The van der Waals surface area contributed by atoms with Crippen molar-refractivity contribution in [1.29, 1.82) is 0 Å². The molecule has 0 saturated carbocycles. The van der Waals surface area contributed by atoms with Gasteiger partial charge in [-0.2, -0.15) is 0 Å². The lowest BCUT2D eigenvalue weighted by Crippen LogP contribution is -2.59. The van der Waals surface area contributed by atoms with Gasteiger partial charge in [0.1, 0.15) is 24.4 Å². The van der Waals surface area contributed by atoms with Gasteiger partial charge in [0.15, 0.2) is 29.3 Å². The molecule has 0 bridgehead atoms. The van der Waals surface area contributed by atoms with Crippen LogP contribution in [-0.2, 0) is 20.6 Å². The van der Waals surface area contributed by atoms with Crippen molar-refractivity contribution in [3.8, 4) is 34.5 Å². The quantitative estimate of drug-likeness (QED) is 0.224. The summed E-state index contributed by atoms with van der Waals surface area (Å²) in [4.78, 5) is 0. The van der Waals surface area contributed by atoms with Gasteiger partial charge in [-0.3, -0.25) is 0 Å². The fraction of sp³-hybridized carbons (Fsp3) is 0.571. The molecule has 1 heterocycles. The first-order chi connectivity index (χ1) is 19.6. The molecule has 41 heavy (non-hydrogen) atoms. The van der Waals surface area contributed by atoms with Gasteiger partial charge in [0.2, 0.25) is 11.5 Å². The molecule has 0 radical (unpaired) electrons. The van der Waals surface area contributed by atoms with Crippen molar-refractivity contribution in [2.75, 3.05) is 48.8 Å². The van der Waals surface area contributed by atoms with E-state index in [1.54, 1.807) is 25.3 Å². The minimum absolute atomic E-state index is 0.104. The van der Waals surface area contributed by atoms with E-state index in [4.69, 9.17) is 33.2 Å². The molecule has 228 valence electrons. The molecule has 1 aliphatic carbocycles. The van der Waals surface area contributed by atoms with E-state index in [9.17, 15) is 30.6 Å². The highest BCUT2D eigenvalue weighted by Crippen LogP contribution is 2.53. The van der Waals surface area contributed by atoms with Gasteiger partial charge in [-0.25, -0.2) is 0 Å². The zero-order valence-corrected chi connectivity index (χ0v) is 23.5. The SMILES string of the molecule is COc1cc([C@H]2c3c(cc(OC)c(O)c3OC)C[C@@H](OC)[C@H]2CO[C@@H]2O[C@H](CO)[C@@H](O)[C@H](O)[C@H]2O)cc(OC)c1O. The second-order valence-electron chi connectivity index (χ2n) is 9.96. The van der Waals surface area contributed by atoms with Crippen molar-refractivity contribution in [2.45, 2.75) is 49.1 Å². The lowest BCUT2D eigenvalue weighted by atomic mass is 9.69. The number of hydrogen-bond acceptors (Lipinski definition) is 13. The molecule has 2 aliphatic rings. The highest BCUT2D eigenvalue weighted by molar-refractivity contribution is 5.64. The fourth-order valence-corrected chi connectivity index (χ4v) is 5.74. The Bertz CT molecular complexity index is 1180. The number of aromatic hydroxyl groups is 2. The van der Waals surface area contributed by atoms with Crippen LogP contribution in [0.25, 0.3) is 0 Å². The topological polar surface area (TPSA) is 186 Å². The molecule has 1 saturated heterocycles. The molecule has 0 unspecified atom stereocenters. The summed E-state index contributed by atoms with van der Waals surface area (Å²) < 4.78 is 39.3. The summed E-state index contributed by atoms with van der Waals surface area (Å²) >= 11 is 0. The summed E-state index contributed by atoms with van der Waals surface area (Å²) in [6.45, 7) is -0.705. The van der Waals surface area contributed by atoms with E-state index >= 15 is 0 Å². The third-order valence-corrected chi connectivity index (χ3v) is 7.87. The fourth-order valence-electron chi connectivity index (χ4n) is 5.74. The molecule has 2 aromatic carbocycles. The van der Waals surface area contributed by atoms with Crippen LogP contribution in [-0.4, -0.2) is 116 Å². The molecule has 0 spiro atoms. The van der Waals surface area contributed by atoms with Gasteiger partial charge in [0.05, 0.1) is 47.8 Å². The molecule has 0 amide bonds. The smallest absolute Gasteiger partial charge is 0.201 e. The Balaban J connectivity index is 1.85. The summed E-state index contributed by atoms with van der Waals surface area (Å²) in [5, 5.41) is 62.2. The van der Waals surface area contributed by atoms with Gasteiger partial charge in [-0.1, -0.05) is 0 Å². The molecule has 6 N–H and O–H groups in total. The van der Waals surface area contributed by atoms with Crippen molar-refractivity contribution >= 4 is 0 Å². The van der Waals surface area contributed by atoms with Crippen LogP contribution in [0.3, 0.4) is 0 Å². The van der Waals surface area contributed by atoms with Crippen molar-refractivity contribution in [3.63, 3.8) is 0 Å². The Morgan fingerprint density at radius 2 is 1.41 bits per heavy atom. The largest absolute Gasteiger partial charge is 0.502 e. The molecule has 1 aliphatic heterocycles. The average molecular weight is 583 g/mol. The Morgan fingerprint density at radius 1 is 0.805 bits per heavy atom. The second kappa shape index (κ2) is 12.9. The molecular formula is C28H38O13. The van der Waals surface area contributed by atoms with Gasteiger partial charge in [-0.05, 0) is 35.7 Å². The summed E-state index contributed by atoms with van der Waals surface area (Å²) in [5.74, 6) is -0.882. The summed E-state index contributed by atoms with van der Waals surface area (Å²) in [7, 11) is 7.21. The van der Waals surface area contributed by atoms with Crippen LogP contribution in [0.2, 0.25) is 0 Å². The van der Waals surface area contributed by atoms with E-state index in [-0.39, 0.29) is 41.1 Å². The van der Waals surface area contributed by atoms with Crippen molar-refractivity contribution in [1.82, 2.24) is 0 Å². The maximum absolute atomic E-state index is 11.0. The zero-order chi connectivity index (χ0) is 30.0. The first-order valence-electron chi connectivity index (χ1n) is 13.0. The third kappa shape index (κ3) is 5.58. The van der Waals surface area contributed by atoms with Crippen LogP contribution in [0.15, 0.2) is 18.2 Å². The standard InChI is InChI=1S/C28H38O13/c1-35-15-6-13-9-18(38-4)24(32)27(39-5)21(13)20(12-7-16(36-2)22(30)17(8-12)37-3)14(15)11-40-28-26(34)25(33)23(31)19(10-29)41-28/h7-9,14-15,19-20,23,25-26,28-34H,6,10-11H2,1-5H3/t14-,15-,19-,20-,23-,25+,26-,28-/m1/s1. The van der Waals surface area contributed by atoms with E-state index in [0.717, 1.165) is 5.56 Å². The maximum Gasteiger partial charge on any atom is 0.201 e. The Hall–Kier alpha value is -3.04. The van der Waals surface area contributed by atoms with Crippen molar-refractivity contribution in [3.05, 3.63) is 34.9 Å². The monoisotopic (exact) mass is 582 g/mol. The maximum atomic E-state index is 11.0. The number of aliphatic hydroxyl groups is 4. The van der Waals surface area contributed by atoms with Crippen LogP contribution >= 0.6 is 0 Å². The predicted molar refractivity (Wildman–Crippen MR) is 142 cm³/mol. The van der Waals surface area contributed by atoms with Gasteiger partial charge in [0.25, 0.3) is 0 Å². The minimum Gasteiger partial charge on any atom is -0.502 e. The molecule has 13 heteroatoms. The third-order valence-electron chi connectivity index (χ3n) is 7.87. The zero-order valence-electron chi connectivity index (χ0n) is 23.5. The normalized spacial score (nSPS) is 29.5. The number of benzene rings is 2. The summed E-state index contributed by atoms with van der Waals surface area (Å²) in [5.41, 5.74) is 1.98. The first-order valence-corrected chi connectivity index (χ1v) is 13.0. The van der Waals surface area contributed by atoms with Gasteiger partial charge >= 0.3 is 0 Å². The number of rotatable bonds is 10. The van der Waals surface area contributed by atoms with Crippen LogP contribution in [0, 0.1) is 5.92 Å². The number of fused-ring (bicyclic) bond motifs is 1. The van der Waals surface area contributed by atoms with Crippen molar-refractivity contribution < 1.29 is 63.8 Å². The van der Waals surface area contributed by atoms with Crippen LogP contribution in [0.5, 0.6) is 34.5 Å². The van der Waals surface area contributed by atoms with Crippen molar-refractivity contribution in [2.24, 2.45) is 5.92 Å². The molecule has 0 aromatic heterocycles. The van der Waals surface area contributed by atoms with E-state index < -0.39 is 55.3 Å². The van der Waals surface area contributed by atoms with Crippen LogP contribution < -0.4 is 18.9 Å². The van der Waals surface area contributed by atoms with Crippen LogP contribution in [0.1, 0.15) is 22.6 Å². The highest BCUT2D eigenvalue weighted by atomic mass is 16.7. The first kappa shape index (κ1) is 30.9. The highest BCUT2D eigenvalue weighted by Gasteiger charge is 2.46. The van der Waals surface area contributed by atoms with E-state index in [1.807, 2.05) is 0 Å². The lowest BCUT2D eigenvalue weighted by Gasteiger charge is -2.43. The molecule has 2 aromatic rings. The van der Waals surface area contributed by atoms with E-state index in [2.05, 4.69) is 0 Å². The lowest BCUT2D eigenvalue weighted by molar-refractivity contribution is -0.304. The minimum atomic E-state index is -1.61. The van der Waals surface area contributed by atoms with Gasteiger partial charge in [0, 0.05) is 24.5 Å². The Kier molecular flexibility index (Phi) is 9.70. The second-order valence-corrected chi connectivity index (χ2v) is 9.96. The molecule has 13 nitrogen and oxygen atoms in total. The molecular weight excluding hydrogens is 544 g/mol. The van der Waals surface area contributed by atoms with Crippen LogP contribution in [0.4, 0.5) is 0 Å². The average Bonchev–Trinajstić information content (AvgIpc) is 2.98. The molecule has 4 rings (SSSR count). The molecule has 8 atom stereocenters. The number of ether oxygens (including phenoxy) is 7. The van der Waals surface area contributed by atoms with Gasteiger partial charge in [-0.15, -0.1) is 0 Å². The van der Waals surface area contributed by atoms with E-state index in [0.29, 0.717) is 17.5 Å². The van der Waals surface area contributed by atoms with Gasteiger partial charge < -0.3 is 63.8 Å². The number of phenolic OH excluding ortho intramolecular Hbond substituents is 2. The molecule has 1 fully saturated rings. The Labute approximate surface area is 237 Å². The number of phenols is 2.